The van der Waals surface area contributed by atoms with Crippen molar-refractivity contribution in [2.45, 2.75) is 25.7 Å². The second-order valence-electron chi connectivity index (χ2n) is 9.17. The molecule has 1 fully saturated rings. The number of hydrogen-bond donors (Lipinski definition) is 2. The number of hydrogen-bond acceptors (Lipinski definition) is 7. The van der Waals surface area contributed by atoms with Gasteiger partial charge in [-0.1, -0.05) is 12.1 Å². The van der Waals surface area contributed by atoms with Crippen LogP contribution in [0.5, 0.6) is 0 Å². The Morgan fingerprint density at radius 3 is 3.03 bits per heavy atom. The highest BCUT2D eigenvalue weighted by Gasteiger charge is 2.16. The molecule has 0 amide bonds. The van der Waals surface area contributed by atoms with Crippen molar-refractivity contribution in [1.29, 1.82) is 0 Å². The van der Waals surface area contributed by atoms with Gasteiger partial charge in [0, 0.05) is 35.9 Å². The number of halogens is 1. The van der Waals surface area contributed by atoms with Crippen molar-refractivity contribution in [3.8, 4) is 0 Å². The number of nitrogens with zero attached hydrogens (tertiary/aromatic N) is 5. The third kappa shape index (κ3) is 4.91. The third-order valence-electron chi connectivity index (χ3n) is 6.66. The highest BCUT2D eigenvalue weighted by molar-refractivity contribution is 5.85. The van der Waals surface area contributed by atoms with E-state index in [4.69, 9.17) is 9.47 Å². The average Bonchev–Trinajstić information content (AvgIpc) is 3.54. The predicted octanol–water partition coefficient (Wildman–Crippen LogP) is 4.08. The van der Waals surface area contributed by atoms with Crippen LogP contribution < -0.4 is 10.6 Å². The fourth-order valence-corrected chi connectivity index (χ4v) is 4.74. The minimum atomic E-state index is -0.252. The largest absolute Gasteiger partial charge is 0.374 e. The number of benzene rings is 2. The molecule has 1 aliphatic heterocycles. The fourth-order valence-electron chi connectivity index (χ4n) is 4.74. The van der Waals surface area contributed by atoms with Crippen molar-refractivity contribution in [1.82, 2.24) is 29.7 Å². The Hall–Kier alpha value is -3.86. The van der Waals surface area contributed by atoms with Crippen LogP contribution in [0, 0.1) is 5.82 Å². The SMILES string of the molecule is C[C@@H](c1cccc(F)c1)n1ncc2cc(Nc3ncnn4ccc(COC[C@@H]5CNCCO5)c34)ccc21. The van der Waals surface area contributed by atoms with E-state index < -0.39 is 0 Å². The molecule has 0 aliphatic carbocycles. The molecule has 6 rings (SSSR count). The molecule has 0 bridgehead atoms. The molecule has 37 heavy (non-hydrogen) atoms. The normalized spacial score (nSPS) is 16.9. The van der Waals surface area contributed by atoms with Crippen LogP contribution in [0.2, 0.25) is 0 Å². The van der Waals surface area contributed by atoms with Gasteiger partial charge in [0.1, 0.15) is 17.7 Å². The van der Waals surface area contributed by atoms with E-state index in [9.17, 15) is 4.39 Å². The van der Waals surface area contributed by atoms with Gasteiger partial charge in [0.25, 0.3) is 0 Å². The lowest BCUT2D eigenvalue weighted by Crippen LogP contribution is -2.40. The molecule has 4 heterocycles. The van der Waals surface area contributed by atoms with Crippen LogP contribution in [0.4, 0.5) is 15.9 Å². The summed E-state index contributed by atoms with van der Waals surface area (Å²) in [5.74, 6) is 0.437. The molecule has 0 saturated carbocycles. The Balaban J connectivity index is 1.22. The van der Waals surface area contributed by atoms with Crippen LogP contribution in [-0.2, 0) is 16.1 Å². The van der Waals surface area contributed by atoms with Crippen LogP contribution in [0.3, 0.4) is 0 Å². The molecule has 1 aliphatic rings. The second-order valence-corrected chi connectivity index (χ2v) is 9.17. The predicted molar refractivity (Wildman–Crippen MR) is 138 cm³/mol. The van der Waals surface area contributed by atoms with Gasteiger partial charge in [0.05, 0.1) is 43.7 Å². The summed E-state index contributed by atoms with van der Waals surface area (Å²) in [4.78, 5) is 4.50. The van der Waals surface area contributed by atoms with Crippen LogP contribution in [0.25, 0.3) is 16.4 Å². The third-order valence-corrected chi connectivity index (χ3v) is 6.66. The first-order chi connectivity index (χ1) is 18.2. The Morgan fingerprint density at radius 2 is 2.16 bits per heavy atom. The highest BCUT2D eigenvalue weighted by atomic mass is 19.1. The van der Waals surface area contributed by atoms with E-state index in [0.717, 1.165) is 46.3 Å². The van der Waals surface area contributed by atoms with E-state index in [2.05, 4.69) is 25.8 Å². The van der Waals surface area contributed by atoms with Gasteiger partial charge in [-0.15, -0.1) is 0 Å². The number of rotatable bonds is 8. The summed E-state index contributed by atoms with van der Waals surface area (Å²) in [6.45, 7) is 5.35. The molecule has 3 aromatic heterocycles. The maximum absolute atomic E-state index is 13.7. The van der Waals surface area contributed by atoms with Gasteiger partial charge in [-0.2, -0.15) is 10.2 Å². The Kier molecular flexibility index (Phi) is 6.52. The summed E-state index contributed by atoms with van der Waals surface area (Å²) < 4.78 is 29.1. The lowest BCUT2D eigenvalue weighted by Gasteiger charge is -2.23. The van der Waals surface area contributed by atoms with Crippen molar-refractivity contribution >= 4 is 27.9 Å². The van der Waals surface area contributed by atoms with E-state index in [1.165, 1.54) is 12.4 Å². The molecule has 9 nitrogen and oxygen atoms in total. The Morgan fingerprint density at radius 1 is 1.22 bits per heavy atom. The van der Waals surface area contributed by atoms with Gasteiger partial charge in [-0.05, 0) is 48.9 Å². The van der Waals surface area contributed by atoms with Gasteiger partial charge in [-0.25, -0.2) is 13.9 Å². The lowest BCUT2D eigenvalue weighted by atomic mass is 10.1. The monoisotopic (exact) mass is 501 g/mol. The van der Waals surface area contributed by atoms with Gasteiger partial charge < -0.3 is 20.1 Å². The molecule has 5 aromatic rings. The molecular weight excluding hydrogens is 473 g/mol. The van der Waals surface area contributed by atoms with Crippen molar-refractivity contribution in [2.75, 3.05) is 31.6 Å². The summed E-state index contributed by atoms with van der Waals surface area (Å²) in [6, 6.07) is 14.6. The molecule has 0 unspecified atom stereocenters. The van der Waals surface area contributed by atoms with E-state index in [-0.39, 0.29) is 18.0 Å². The van der Waals surface area contributed by atoms with Crippen LogP contribution >= 0.6 is 0 Å². The molecule has 0 radical (unpaired) electrons. The van der Waals surface area contributed by atoms with E-state index in [1.54, 1.807) is 16.6 Å². The van der Waals surface area contributed by atoms with Crippen molar-refractivity contribution in [3.63, 3.8) is 0 Å². The second kappa shape index (κ2) is 10.3. The topological polar surface area (TPSA) is 90.5 Å². The summed E-state index contributed by atoms with van der Waals surface area (Å²) in [6.07, 6.45) is 5.32. The molecule has 2 N–H and O–H groups in total. The Bertz CT molecular complexity index is 1530. The summed E-state index contributed by atoms with van der Waals surface area (Å²) in [5.41, 5.74) is 4.56. The smallest absolute Gasteiger partial charge is 0.158 e. The standard InChI is InChI=1S/C27H28FN7O2/c1-18(19-3-2-4-22(28)11-19)35-25-6-5-23(12-21(25)13-31-35)33-27-26-20(7-9-34(26)32-17-30-27)15-36-16-24-14-29-8-10-37-24/h2-7,9,11-13,17-18,24,29H,8,10,14-16H2,1H3,(H,30,32,33)/t18-,24-/m0/s1. The zero-order valence-corrected chi connectivity index (χ0v) is 20.5. The fraction of sp³-hybridized carbons (Fsp3) is 0.296. The minimum Gasteiger partial charge on any atom is -0.374 e. The highest BCUT2D eigenvalue weighted by Crippen LogP contribution is 2.28. The van der Waals surface area contributed by atoms with E-state index in [0.29, 0.717) is 25.6 Å². The number of morpholine rings is 1. The molecular formula is C27H28FN7O2. The van der Waals surface area contributed by atoms with Crippen molar-refractivity contribution in [3.05, 3.63) is 84.2 Å². The van der Waals surface area contributed by atoms with Gasteiger partial charge >= 0.3 is 0 Å². The van der Waals surface area contributed by atoms with Crippen LogP contribution in [0.1, 0.15) is 24.1 Å². The van der Waals surface area contributed by atoms with Crippen molar-refractivity contribution in [2.24, 2.45) is 0 Å². The quantitative estimate of drug-likeness (QED) is 0.331. The van der Waals surface area contributed by atoms with Crippen LogP contribution in [-0.4, -0.2) is 56.8 Å². The number of aromatic nitrogens is 5. The summed E-state index contributed by atoms with van der Waals surface area (Å²) in [7, 11) is 0. The number of fused-ring (bicyclic) bond motifs is 2. The zero-order chi connectivity index (χ0) is 25.2. The number of anilines is 2. The number of ether oxygens (including phenoxy) is 2. The van der Waals surface area contributed by atoms with E-state index in [1.807, 2.05) is 54.3 Å². The van der Waals surface area contributed by atoms with Crippen molar-refractivity contribution < 1.29 is 13.9 Å². The molecule has 190 valence electrons. The Labute approximate surface area is 213 Å². The van der Waals surface area contributed by atoms with E-state index >= 15 is 0 Å². The van der Waals surface area contributed by atoms with Gasteiger partial charge in [-0.3, -0.25) is 4.68 Å². The van der Waals surface area contributed by atoms with Gasteiger partial charge in [0.2, 0.25) is 0 Å². The molecule has 2 atom stereocenters. The van der Waals surface area contributed by atoms with Crippen LogP contribution in [0.15, 0.2) is 67.3 Å². The maximum Gasteiger partial charge on any atom is 0.158 e. The average molecular weight is 502 g/mol. The lowest BCUT2D eigenvalue weighted by molar-refractivity contribution is -0.0355. The summed E-state index contributed by atoms with van der Waals surface area (Å²) in [5, 5.41) is 16.6. The minimum absolute atomic E-state index is 0.0627. The molecule has 1 saturated heterocycles. The van der Waals surface area contributed by atoms with Gasteiger partial charge in [0.15, 0.2) is 5.82 Å². The first-order valence-corrected chi connectivity index (χ1v) is 12.4. The molecule has 10 heteroatoms. The molecule has 2 aromatic carbocycles. The zero-order valence-electron chi connectivity index (χ0n) is 20.5. The first kappa shape index (κ1) is 23.5. The summed E-state index contributed by atoms with van der Waals surface area (Å²) >= 11 is 0. The number of nitrogens with one attached hydrogen (secondary N) is 2. The maximum atomic E-state index is 13.7. The first-order valence-electron chi connectivity index (χ1n) is 12.4. The molecule has 0 spiro atoms.